The molecule has 3 atom stereocenters. The first-order valence-corrected chi connectivity index (χ1v) is 8.58. The SMILES string of the molecule is Cc1noc(C)c1C(=O)N1CCO[C@H]2[C@@H](Oc3ccccn3)CC[C@@H]21. The van der Waals surface area contributed by atoms with Crippen LogP contribution in [0.2, 0.25) is 0 Å². The first-order valence-electron chi connectivity index (χ1n) is 8.58. The fourth-order valence-corrected chi connectivity index (χ4v) is 3.80. The predicted octanol–water partition coefficient (Wildman–Crippen LogP) is 2.14. The van der Waals surface area contributed by atoms with E-state index in [0.29, 0.717) is 36.0 Å². The maximum atomic E-state index is 13.0. The Morgan fingerprint density at radius 2 is 2.20 bits per heavy atom. The summed E-state index contributed by atoms with van der Waals surface area (Å²) in [6.45, 7) is 4.63. The molecule has 0 radical (unpaired) electrons. The second-order valence-electron chi connectivity index (χ2n) is 6.50. The van der Waals surface area contributed by atoms with Gasteiger partial charge in [-0.2, -0.15) is 0 Å². The molecule has 1 saturated heterocycles. The molecule has 1 saturated carbocycles. The number of ether oxygens (including phenoxy) is 2. The molecular weight excluding hydrogens is 322 g/mol. The molecule has 0 bridgehead atoms. The second kappa shape index (κ2) is 6.48. The molecule has 2 aromatic rings. The van der Waals surface area contributed by atoms with E-state index in [2.05, 4.69) is 10.1 Å². The minimum Gasteiger partial charge on any atom is -0.471 e. The van der Waals surface area contributed by atoms with Crippen molar-refractivity contribution in [3.63, 3.8) is 0 Å². The van der Waals surface area contributed by atoms with Gasteiger partial charge in [0.25, 0.3) is 5.91 Å². The summed E-state index contributed by atoms with van der Waals surface area (Å²) in [6.07, 6.45) is 3.14. The summed E-state index contributed by atoms with van der Waals surface area (Å²) >= 11 is 0. The zero-order chi connectivity index (χ0) is 17.4. The lowest BCUT2D eigenvalue weighted by atomic mass is 10.1. The zero-order valence-electron chi connectivity index (χ0n) is 14.3. The van der Waals surface area contributed by atoms with E-state index in [0.717, 1.165) is 12.8 Å². The van der Waals surface area contributed by atoms with Crippen molar-refractivity contribution in [1.82, 2.24) is 15.0 Å². The normalized spacial score (nSPS) is 25.7. The first-order chi connectivity index (χ1) is 12.1. The third-order valence-corrected chi connectivity index (χ3v) is 4.95. The molecule has 1 aliphatic heterocycles. The number of amides is 1. The number of rotatable bonds is 3. The molecule has 2 fully saturated rings. The van der Waals surface area contributed by atoms with Gasteiger partial charge in [0.15, 0.2) is 0 Å². The van der Waals surface area contributed by atoms with Crippen LogP contribution in [-0.4, -0.2) is 52.3 Å². The molecule has 1 amide bonds. The molecule has 25 heavy (non-hydrogen) atoms. The van der Waals surface area contributed by atoms with Crippen molar-refractivity contribution in [3.8, 4) is 5.88 Å². The smallest absolute Gasteiger partial charge is 0.259 e. The molecule has 132 valence electrons. The van der Waals surface area contributed by atoms with Crippen molar-refractivity contribution in [2.45, 2.75) is 44.9 Å². The summed E-state index contributed by atoms with van der Waals surface area (Å²) in [6, 6.07) is 5.58. The zero-order valence-corrected chi connectivity index (χ0v) is 14.3. The van der Waals surface area contributed by atoms with Crippen LogP contribution in [0.1, 0.15) is 34.7 Å². The maximum Gasteiger partial charge on any atom is 0.259 e. The summed E-state index contributed by atoms with van der Waals surface area (Å²) in [5.41, 5.74) is 1.19. The molecule has 1 aliphatic carbocycles. The van der Waals surface area contributed by atoms with Crippen molar-refractivity contribution in [2.24, 2.45) is 0 Å². The van der Waals surface area contributed by atoms with Crippen LogP contribution in [0.3, 0.4) is 0 Å². The van der Waals surface area contributed by atoms with Crippen molar-refractivity contribution >= 4 is 5.91 Å². The Bertz CT molecular complexity index is 741. The van der Waals surface area contributed by atoms with Crippen molar-refractivity contribution in [1.29, 1.82) is 0 Å². The van der Waals surface area contributed by atoms with Gasteiger partial charge in [-0.25, -0.2) is 4.98 Å². The summed E-state index contributed by atoms with van der Waals surface area (Å²) < 4.78 is 17.1. The molecule has 0 unspecified atom stereocenters. The lowest BCUT2D eigenvalue weighted by molar-refractivity contribution is -0.0793. The Hall–Kier alpha value is -2.41. The Kier molecular flexibility index (Phi) is 4.17. The van der Waals surface area contributed by atoms with Crippen LogP contribution < -0.4 is 4.74 Å². The standard InChI is InChI=1S/C18H21N3O4/c1-11-16(12(2)25-20-11)18(22)21-9-10-23-17-13(21)6-7-14(17)24-15-5-3-4-8-19-15/h3-5,8,13-14,17H,6-7,9-10H2,1-2H3/t13-,14-,17+/m0/s1. The Labute approximate surface area is 145 Å². The Balaban J connectivity index is 1.52. The maximum absolute atomic E-state index is 13.0. The minimum absolute atomic E-state index is 0.00339. The number of morpholine rings is 1. The highest BCUT2D eigenvalue weighted by atomic mass is 16.5. The lowest BCUT2D eigenvalue weighted by Crippen LogP contribution is -2.54. The van der Waals surface area contributed by atoms with Gasteiger partial charge in [-0.05, 0) is 32.8 Å². The van der Waals surface area contributed by atoms with E-state index in [1.807, 2.05) is 23.1 Å². The summed E-state index contributed by atoms with van der Waals surface area (Å²) in [7, 11) is 0. The minimum atomic E-state index is -0.139. The molecule has 0 aromatic carbocycles. The van der Waals surface area contributed by atoms with E-state index >= 15 is 0 Å². The van der Waals surface area contributed by atoms with Crippen LogP contribution in [0.15, 0.2) is 28.9 Å². The topological polar surface area (TPSA) is 77.7 Å². The van der Waals surface area contributed by atoms with E-state index in [9.17, 15) is 4.79 Å². The average molecular weight is 343 g/mol. The van der Waals surface area contributed by atoms with E-state index in [1.54, 1.807) is 20.0 Å². The third kappa shape index (κ3) is 2.89. The highest BCUT2D eigenvalue weighted by molar-refractivity contribution is 5.96. The number of hydrogen-bond acceptors (Lipinski definition) is 6. The van der Waals surface area contributed by atoms with Gasteiger partial charge in [0.05, 0.1) is 18.3 Å². The molecule has 0 spiro atoms. The van der Waals surface area contributed by atoms with Crippen molar-refractivity contribution < 1.29 is 18.8 Å². The second-order valence-corrected chi connectivity index (χ2v) is 6.50. The van der Waals surface area contributed by atoms with Crippen LogP contribution in [-0.2, 0) is 4.74 Å². The van der Waals surface area contributed by atoms with E-state index in [-0.39, 0.29) is 24.2 Å². The Morgan fingerprint density at radius 1 is 1.32 bits per heavy atom. The van der Waals surface area contributed by atoms with Gasteiger partial charge in [0.2, 0.25) is 5.88 Å². The monoisotopic (exact) mass is 343 g/mol. The summed E-state index contributed by atoms with van der Waals surface area (Å²) in [5.74, 6) is 1.11. The van der Waals surface area contributed by atoms with Gasteiger partial charge in [0, 0.05) is 18.8 Å². The summed E-state index contributed by atoms with van der Waals surface area (Å²) in [4.78, 5) is 19.1. The number of hydrogen-bond donors (Lipinski definition) is 0. The highest BCUT2D eigenvalue weighted by Gasteiger charge is 2.46. The van der Waals surface area contributed by atoms with E-state index < -0.39 is 0 Å². The lowest BCUT2D eigenvalue weighted by Gasteiger charge is -2.38. The number of aryl methyl sites for hydroxylation is 2. The van der Waals surface area contributed by atoms with Crippen LogP contribution >= 0.6 is 0 Å². The number of fused-ring (bicyclic) bond motifs is 1. The fourth-order valence-electron chi connectivity index (χ4n) is 3.80. The van der Waals surface area contributed by atoms with Crippen LogP contribution in [0, 0.1) is 13.8 Å². The summed E-state index contributed by atoms with van der Waals surface area (Å²) in [5, 5.41) is 3.90. The highest BCUT2D eigenvalue weighted by Crippen LogP contribution is 2.34. The average Bonchev–Trinajstić information content (AvgIpc) is 3.18. The fraction of sp³-hybridized carbons (Fsp3) is 0.500. The van der Waals surface area contributed by atoms with E-state index in [1.165, 1.54) is 0 Å². The van der Waals surface area contributed by atoms with Crippen molar-refractivity contribution in [2.75, 3.05) is 13.2 Å². The van der Waals surface area contributed by atoms with Gasteiger partial charge in [-0.15, -0.1) is 0 Å². The Morgan fingerprint density at radius 3 is 2.92 bits per heavy atom. The largest absolute Gasteiger partial charge is 0.471 e. The predicted molar refractivity (Wildman–Crippen MR) is 88.4 cm³/mol. The molecular formula is C18H21N3O4. The molecule has 7 heteroatoms. The van der Waals surface area contributed by atoms with Crippen LogP contribution in [0.25, 0.3) is 0 Å². The van der Waals surface area contributed by atoms with Gasteiger partial charge in [0.1, 0.15) is 23.5 Å². The van der Waals surface area contributed by atoms with Crippen molar-refractivity contribution in [3.05, 3.63) is 41.4 Å². The molecule has 3 heterocycles. The van der Waals surface area contributed by atoms with E-state index in [4.69, 9.17) is 14.0 Å². The van der Waals surface area contributed by atoms with Gasteiger partial charge in [-0.1, -0.05) is 11.2 Å². The number of carbonyl (C=O) groups excluding carboxylic acids is 1. The van der Waals surface area contributed by atoms with Gasteiger partial charge < -0.3 is 18.9 Å². The quantitative estimate of drug-likeness (QED) is 0.850. The van der Waals surface area contributed by atoms with Gasteiger partial charge >= 0.3 is 0 Å². The third-order valence-electron chi connectivity index (χ3n) is 4.95. The number of carbonyl (C=O) groups is 1. The number of pyridine rings is 1. The van der Waals surface area contributed by atoms with Gasteiger partial charge in [-0.3, -0.25) is 4.79 Å². The molecule has 2 aromatic heterocycles. The number of aromatic nitrogens is 2. The molecule has 0 N–H and O–H groups in total. The van der Waals surface area contributed by atoms with Crippen LogP contribution in [0.4, 0.5) is 0 Å². The molecule has 7 nitrogen and oxygen atoms in total. The molecule has 4 rings (SSSR count). The molecule has 2 aliphatic rings. The first kappa shape index (κ1) is 16.1. The number of nitrogens with zero attached hydrogens (tertiary/aromatic N) is 3. The van der Waals surface area contributed by atoms with Crippen LogP contribution in [0.5, 0.6) is 5.88 Å².